The third-order valence-electron chi connectivity index (χ3n) is 4.60. The molecule has 0 saturated heterocycles. The molecule has 7 nitrogen and oxygen atoms in total. The quantitative estimate of drug-likeness (QED) is 0.492. The first-order valence-corrected chi connectivity index (χ1v) is 9.12. The Morgan fingerprint density at radius 3 is 2.72 bits per heavy atom. The number of aryl methyl sites for hydroxylation is 1. The summed E-state index contributed by atoms with van der Waals surface area (Å²) in [5.41, 5.74) is 4.03. The number of benzene rings is 2. The predicted molar refractivity (Wildman–Crippen MR) is 111 cm³/mol. The molecule has 0 aliphatic carbocycles. The van der Waals surface area contributed by atoms with Gasteiger partial charge in [-0.15, -0.1) is 0 Å². The van der Waals surface area contributed by atoms with Gasteiger partial charge in [0.25, 0.3) is 0 Å². The molecule has 0 aliphatic rings. The molecule has 2 aromatic carbocycles. The van der Waals surface area contributed by atoms with Crippen LogP contribution < -0.4 is 10.1 Å². The molecule has 2 heterocycles. The molecule has 0 atom stereocenters. The summed E-state index contributed by atoms with van der Waals surface area (Å²) in [6, 6.07) is 10.6. The normalized spacial score (nSPS) is 10.9. The Bertz CT molecular complexity index is 1240. The molecule has 2 aromatic heterocycles. The maximum absolute atomic E-state index is 11.2. The number of aromatic nitrogens is 3. The van der Waals surface area contributed by atoms with Gasteiger partial charge in [-0.1, -0.05) is 11.6 Å². The van der Waals surface area contributed by atoms with Crippen molar-refractivity contribution in [3.05, 3.63) is 71.1 Å². The second-order valence-electron chi connectivity index (χ2n) is 6.42. The summed E-state index contributed by atoms with van der Waals surface area (Å²) in [6.45, 7) is 1.75. The summed E-state index contributed by atoms with van der Waals surface area (Å²) in [6.07, 6.45) is 5.24. The average Bonchev–Trinajstić information content (AvgIpc) is 3.13. The molecule has 0 amide bonds. The number of carboxylic acid groups (broad SMARTS) is 1. The SMILES string of the molecule is COc1ccc(-c2cnc3c(Nc4ccc(C(=O)O)c(C)c4)nccn23)cc1Cl. The van der Waals surface area contributed by atoms with E-state index in [1.165, 1.54) is 0 Å². The minimum Gasteiger partial charge on any atom is -0.495 e. The van der Waals surface area contributed by atoms with E-state index >= 15 is 0 Å². The maximum Gasteiger partial charge on any atom is 0.335 e. The number of hydrogen-bond acceptors (Lipinski definition) is 5. The van der Waals surface area contributed by atoms with E-state index in [0.717, 1.165) is 16.9 Å². The lowest BCUT2D eigenvalue weighted by atomic mass is 10.1. The molecular weight excluding hydrogens is 392 g/mol. The first-order valence-electron chi connectivity index (χ1n) is 8.75. The lowest BCUT2D eigenvalue weighted by Gasteiger charge is -2.10. The van der Waals surface area contributed by atoms with Crippen molar-refractivity contribution in [2.75, 3.05) is 12.4 Å². The van der Waals surface area contributed by atoms with Gasteiger partial charge in [0, 0.05) is 23.6 Å². The second-order valence-corrected chi connectivity index (χ2v) is 6.83. The van der Waals surface area contributed by atoms with Crippen molar-refractivity contribution < 1.29 is 14.6 Å². The van der Waals surface area contributed by atoms with Gasteiger partial charge in [-0.3, -0.25) is 4.40 Å². The third-order valence-corrected chi connectivity index (χ3v) is 4.89. The zero-order chi connectivity index (χ0) is 20.5. The van der Waals surface area contributed by atoms with Crippen LogP contribution >= 0.6 is 11.6 Å². The lowest BCUT2D eigenvalue weighted by molar-refractivity contribution is 0.0696. The summed E-state index contributed by atoms with van der Waals surface area (Å²) >= 11 is 6.26. The number of carboxylic acids is 1. The smallest absolute Gasteiger partial charge is 0.335 e. The molecular formula is C21H17ClN4O3. The lowest BCUT2D eigenvalue weighted by Crippen LogP contribution is -2.02. The predicted octanol–water partition coefficient (Wildman–Crippen LogP) is 4.81. The van der Waals surface area contributed by atoms with Crippen LogP contribution in [0.2, 0.25) is 5.02 Å². The van der Waals surface area contributed by atoms with Crippen LogP contribution in [-0.4, -0.2) is 32.6 Å². The highest BCUT2D eigenvalue weighted by Crippen LogP contribution is 2.31. The van der Waals surface area contributed by atoms with Crippen molar-refractivity contribution in [1.82, 2.24) is 14.4 Å². The number of methoxy groups -OCH3 is 1. The van der Waals surface area contributed by atoms with Gasteiger partial charge in [-0.25, -0.2) is 14.8 Å². The third kappa shape index (κ3) is 3.48. The molecule has 0 fully saturated rings. The number of nitrogens with zero attached hydrogens (tertiary/aromatic N) is 3. The Morgan fingerprint density at radius 1 is 1.21 bits per heavy atom. The van der Waals surface area contributed by atoms with E-state index in [-0.39, 0.29) is 5.56 Å². The number of hydrogen-bond donors (Lipinski definition) is 2. The Morgan fingerprint density at radius 2 is 2.03 bits per heavy atom. The number of aromatic carboxylic acids is 1. The summed E-state index contributed by atoms with van der Waals surface area (Å²) in [5, 5.41) is 12.9. The topological polar surface area (TPSA) is 88.8 Å². The first-order chi connectivity index (χ1) is 14.0. The highest BCUT2D eigenvalue weighted by molar-refractivity contribution is 6.32. The fourth-order valence-electron chi connectivity index (χ4n) is 3.16. The molecule has 146 valence electrons. The summed E-state index contributed by atoms with van der Waals surface area (Å²) in [4.78, 5) is 20.1. The number of ether oxygens (including phenoxy) is 1. The van der Waals surface area contributed by atoms with Crippen molar-refractivity contribution in [1.29, 1.82) is 0 Å². The van der Waals surface area contributed by atoms with E-state index in [0.29, 0.717) is 27.8 Å². The van der Waals surface area contributed by atoms with Crippen molar-refractivity contribution >= 4 is 34.7 Å². The molecule has 2 N–H and O–H groups in total. The van der Waals surface area contributed by atoms with Crippen LogP contribution in [0, 0.1) is 6.92 Å². The van der Waals surface area contributed by atoms with Crippen LogP contribution in [-0.2, 0) is 0 Å². The van der Waals surface area contributed by atoms with Crippen molar-refractivity contribution in [2.24, 2.45) is 0 Å². The highest BCUT2D eigenvalue weighted by Gasteiger charge is 2.13. The fourth-order valence-corrected chi connectivity index (χ4v) is 3.42. The molecule has 4 aromatic rings. The van der Waals surface area contributed by atoms with E-state index < -0.39 is 5.97 Å². The van der Waals surface area contributed by atoms with Crippen molar-refractivity contribution in [3.8, 4) is 17.0 Å². The van der Waals surface area contributed by atoms with E-state index in [2.05, 4.69) is 15.3 Å². The first kappa shape index (κ1) is 18.8. The second kappa shape index (κ2) is 7.44. The Hall–Kier alpha value is -3.58. The van der Waals surface area contributed by atoms with Gasteiger partial charge in [0.1, 0.15) is 5.75 Å². The van der Waals surface area contributed by atoms with Gasteiger partial charge >= 0.3 is 5.97 Å². The minimum absolute atomic E-state index is 0.265. The molecule has 0 aliphatic heterocycles. The minimum atomic E-state index is -0.953. The number of anilines is 2. The van der Waals surface area contributed by atoms with E-state index in [4.69, 9.17) is 16.3 Å². The van der Waals surface area contributed by atoms with Crippen molar-refractivity contribution in [3.63, 3.8) is 0 Å². The molecule has 8 heteroatoms. The molecule has 0 bridgehead atoms. The molecule has 0 spiro atoms. The number of carbonyl (C=O) groups is 1. The largest absolute Gasteiger partial charge is 0.495 e. The van der Waals surface area contributed by atoms with Crippen LogP contribution in [0.1, 0.15) is 15.9 Å². The van der Waals surface area contributed by atoms with Crippen molar-refractivity contribution in [2.45, 2.75) is 6.92 Å². The zero-order valence-electron chi connectivity index (χ0n) is 15.7. The van der Waals surface area contributed by atoms with Crippen LogP contribution in [0.3, 0.4) is 0 Å². The van der Waals surface area contributed by atoms with Crippen LogP contribution in [0.25, 0.3) is 16.9 Å². The molecule has 4 rings (SSSR count). The average molecular weight is 409 g/mol. The van der Waals surface area contributed by atoms with Crippen LogP contribution in [0.4, 0.5) is 11.5 Å². The maximum atomic E-state index is 11.2. The molecule has 0 radical (unpaired) electrons. The molecule has 0 unspecified atom stereocenters. The van der Waals surface area contributed by atoms with Crippen LogP contribution in [0.15, 0.2) is 55.0 Å². The van der Waals surface area contributed by atoms with Gasteiger partial charge in [-0.2, -0.15) is 0 Å². The van der Waals surface area contributed by atoms with Gasteiger partial charge < -0.3 is 15.2 Å². The summed E-state index contributed by atoms with van der Waals surface area (Å²) in [5.74, 6) is 0.208. The van der Waals surface area contributed by atoms with Crippen LogP contribution in [0.5, 0.6) is 5.75 Å². The Balaban J connectivity index is 1.72. The Kier molecular flexibility index (Phi) is 4.82. The standard InChI is InChI=1S/C21H17ClN4O3/c1-12-9-14(4-5-15(12)21(27)28)25-19-20-24-11-17(26(20)8-7-23-19)13-3-6-18(29-2)16(22)10-13/h3-11H,1-2H3,(H,23,25)(H,27,28). The van der Waals surface area contributed by atoms with E-state index in [1.54, 1.807) is 44.6 Å². The fraction of sp³-hybridized carbons (Fsp3) is 0.0952. The summed E-state index contributed by atoms with van der Waals surface area (Å²) in [7, 11) is 1.57. The van der Waals surface area contributed by atoms with Gasteiger partial charge in [0.2, 0.25) is 0 Å². The Labute approximate surface area is 171 Å². The number of nitrogens with one attached hydrogen (secondary N) is 1. The summed E-state index contributed by atoms with van der Waals surface area (Å²) < 4.78 is 7.12. The number of rotatable bonds is 5. The zero-order valence-corrected chi connectivity index (χ0v) is 16.4. The molecule has 29 heavy (non-hydrogen) atoms. The monoisotopic (exact) mass is 408 g/mol. The number of halogens is 1. The number of fused-ring (bicyclic) bond motifs is 1. The van der Waals surface area contributed by atoms with Gasteiger partial charge in [0.05, 0.1) is 29.6 Å². The van der Waals surface area contributed by atoms with E-state index in [1.807, 2.05) is 28.8 Å². The molecule has 0 saturated carbocycles. The number of imidazole rings is 1. The highest BCUT2D eigenvalue weighted by atomic mass is 35.5. The van der Waals surface area contributed by atoms with E-state index in [9.17, 15) is 9.90 Å². The van der Waals surface area contributed by atoms with Gasteiger partial charge in [0.15, 0.2) is 11.5 Å². The van der Waals surface area contributed by atoms with Gasteiger partial charge in [-0.05, 0) is 48.9 Å².